The van der Waals surface area contributed by atoms with Crippen molar-refractivity contribution >= 4 is 17.8 Å². The third kappa shape index (κ3) is 21.2. The Morgan fingerprint density at radius 3 is 1.54 bits per heavy atom. The molecule has 0 bridgehead atoms. The number of carbonyl (C=O) groups is 2. The van der Waals surface area contributed by atoms with E-state index in [0.717, 1.165) is 12.8 Å². The summed E-state index contributed by atoms with van der Waals surface area (Å²) >= 11 is 0. The van der Waals surface area contributed by atoms with Gasteiger partial charge in [-0.1, -0.05) is 18.6 Å². The lowest BCUT2D eigenvalue weighted by molar-refractivity contribution is -0.384. The Bertz CT molecular complexity index is 1130. The Balaban J connectivity index is 1.35. The average Bonchev–Trinajstić information content (AvgIpc) is 3.08. The van der Waals surface area contributed by atoms with Gasteiger partial charge in [-0.2, -0.15) is 0 Å². The van der Waals surface area contributed by atoms with Crippen molar-refractivity contribution in [1.29, 1.82) is 0 Å². The molecular weight excluding hydrogens is 634 g/mol. The van der Waals surface area contributed by atoms with E-state index in [0.29, 0.717) is 104 Å². The smallest absolute Gasteiger partial charge is 0.429 e. The molecule has 268 valence electrons. The summed E-state index contributed by atoms with van der Waals surface area (Å²) in [5, 5.41) is 10.7. The summed E-state index contributed by atoms with van der Waals surface area (Å²) < 4.78 is 52.9. The van der Waals surface area contributed by atoms with E-state index in [2.05, 4.69) is 0 Å². The maximum absolute atomic E-state index is 12.1. The van der Waals surface area contributed by atoms with Crippen LogP contribution >= 0.6 is 0 Å². The summed E-state index contributed by atoms with van der Waals surface area (Å²) in [6.07, 6.45) is 1.66. The van der Waals surface area contributed by atoms with Crippen LogP contribution in [0.3, 0.4) is 0 Å². The molecule has 0 atom stereocenters. The maximum atomic E-state index is 12.1. The molecule has 0 amide bonds. The highest BCUT2D eigenvalue weighted by Gasteiger charge is 2.10. The molecule has 0 aliphatic heterocycles. The van der Waals surface area contributed by atoms with Crippen LogP contribution < -0.4 is 9.47 Å². The second-order valence-corrected chi connectivity index (χ2v) is 9.99. The van der Waals surface area contributed by atoms with Gasteiger partial charge in [0, 0.05) is 32.3 Å². The Hall–Kier alpha value is -3.70. The molecule has 2 aromatic rings. The highest BCUT2D eigenvalue weighted by molar-refractivity contribution is 5.72. The lowest BCUT2D eigenvalue weighted by Gasteiger charge is -2.08. The van der Waals surface area contributed by atoms with E-state index in [1.54, 1.807) is 31.4 Å². The van der Waals surface area contributed by atoms with Gasteiger partial charge in [-0.25, -0.2) is 4.79 Å². The molecule has 0 heterocycles. The number of non-ortho nitro benzene ring substituents is 1. The normalized spacial score (nSPS) is 10.9. The van der Waals surface area contributed by atoms with E-state index in [1.807, 2.05) is 0 Å². The van der Waals surface area contributed by atoms with Gasteiger partial charge >= 0.3 is 12.1 Å². The van der Waals surface area contributed by atoms with Gasteiger partial charge in [0.1, 0.15) is 18.1 Å². The van der Waals surface area contributed by atoms with E-state index < -0.39 is 11.1 Å². The number of nitro groups is 1. The monoisotopic (exact) mass is 681 g/mol. The number of carbonyl (C=O) groups excluding carboxylic acids is 2. The summed E-state index contributed by atoms with van der Waals surface area (Å²) in [4.78, 5) is 34.1. The first-order valence-electron chi connectivity index (χ1n) is 15.8. The number of benzene rings is 2. The Labute approximate surface area is 280 Å². The van der Waals surface area contributed by atoms with Crippen LogP contribution in [-0.4, -0.2) is 110 Å². The first-order chi connectivity index (χ1) is 23.5. The lowest BCUT2D eigenvalue weighted by atomic mass is 10.2. The van der Waals surface area contributed by atoms with Gasteiger partial charge < -0.3 is 47.4 Å². The number of unbranched alkanes of at least 4 members (excludes halogenated alkanes) is 2. The predicted molar refractivity (Wildman–Crippen MR) is 171 cm³/mol. The van der Waals surface area contributed by atoms with Gasteiger partial charge in [0.2, 0.25) is 0 Å². The van der Waals surface area contributed by atoms with Crippen molar-refractivity contribution in [2.24, 2.45) is 0 Å². The van der Waals surface area contributed by atoms with E-state index in [1.165, 1.54) is 24.3 Å². The van der Waals surface area contributed by atoms with Gasteiger partial charge in [-0.3, -0.25) is 14.9 Å². The van der Waals surface area contributed by atoms with Crippen LogP contribution in [-0.2, 0) is 49.3 Å². The summed E-state index contributed by atoms with van der Waals surface area (Å²) in [7, 11) is 1.63. The second-order valence-electron chi connectivity index (χ2n) is 9.99. The van der Waals surface area contributed by atoms with Crippen molar-refractivity contribution in [3.8, 4) is 11.5 Å². The van der Waals surface area contributed by atoms with Crippen molar-refractivity contribution in [2.45, 2.75) is 32.3 Å². The Kier molecular flexibility index (Phi) is 23.0. The molecule has 0 aliphatic rings. The van der Waals surface area contributed by atoms with E-state index in [4.69, 9.17) is 47.4 Å². The van der Waals surface area contributed by atoms with Gasteiger partial charge in [-0.05, 0) is 42.7 Å². The van der Waals surface area contributed by atoms with Crippen LogP contribution in [0.1, 0.15) is 31.2 Å². The minimum absolute atomic E-state index is 0.0654. The average molecular weight is 682 g/mol. The van der Waals surface area contributed by atoms with Crippen molar-refractivity contribution in [3.05, 3.63) is 64.2 Å². The molecule has 0 N–H and O–H groups in total. The highest BCUT2D eigenvalue weighted by Crippen LogP contribution is 2.18. The fourth-order valence-corrected chi connectivity index (χ4v) is 3.73. The Morgan fingerprint density at radius 1 is 0.583 bits per heavy atom. The van der Waals surface area contributed by atoms with Crippen molar-refractivity contribution < 1.29 is 61.9 Å². The first-order valence-corrected chi connectivity index (χ1v) is 15.8. The van der Waals surface area contributed by atoms with Crippen LogP contribution in [0, 0.1) is 10.1 Å². The van der Waals surface area contributed by atoms with Crippen LogP contribution in [0.2, 0.25) is 0 Å². The molecule has 2 aromatic carbocycles. The molecule has 0 unspecified atom stereocenters. The number of hydrogen-bond acceptors (Lipinski definition) is 14. The van der Waals surface area contributed by atoms with Crippen LogP contribution in [0.5, 0.6) is 11.5 Å². The zero-order valence-corrected chi connectivity index (χ0v) is 27.5. The zero-order valence-electron chi connectivity index (χ0n) is 27.5. The third-order valence-electron chi connectivity index (χ3n) is 6.22. The number of hydrogen-bond donors (Lipinski definition) is 0. The fraction of sp³-hybridized carbons (Fsp3) is 0.576. The zero-order chi connectivity index (χ0) is 34.5. The fourth-order valence-electron chi connectivity index (χ4n) is 3.73. The highest BCUT2D eigenvalue weighted by atomic mass is 16.7. The number of esters is 1. The summed E-state index contributed by atoms with van der Waals surface area (Å²) in [5.41, 5.74) is 0.539. The lowest BCUT2D eigenvalue weighted by Crippen LogP contribution is -2.14. The van der Waals surface area contributed by atoms with Gasteiger partial charge in [-0.15, -0.1) is 0 Å². The number of nitrogens with zero attached hydrogens (tertiary/aromatic N) is 1. The molecule has 0 spiro atoms. The molecule has 0 fully saturated rings. The Morgan fingerprint density at radius 2 is 1.04 bits per heavy atom. The van der Waals surface area contributed by atoms with Crippen LogP contribution in [0.15, 0.2) is 48.5 Å². The van der Waals surface area contributed by atoms with E-state index in [-0.39, 0.29) is 30.4 Å². The molecule has 0 aliphatic carbocycles. The van der Waals surface area contributed by atoms with E-state index in [9.17, 15) is 19.7 Å². The number of methoxy groups -OCH3 is 1. The molecule has 15 heteroatoms. The molecule has 0 saturated carbocycles. The van der Waals surface area contributed by atoms with E-state index >= 15 is 0 Å². The molecule has 0 saturated heterocycles. The van der Waals surface area contributed by atoms with Crippen LogP contribution in [0.25, 0.3) is 0 Å². The SMILES string of the molecule is COCCOCCOCCOCCOCCOCCOCCCCCC(=O)Oc1ccc(COC(=O)Oc2ccc([N+](=O)[O-])cc2)cc1. The van der Waals surface area contributed by atoms with Gasteiger partial charge in [0.05, 0.1) is 84.2 Å². The number of ether oxygens (including phenoxy) is 10. The number of nitro benzene ring substituents is 1. The summed E-state index contributed by atoms with van der Waals surface area (Å²) in [5.74, 6) is 0.173. The van der Waals surface area contributed by atoms with Crippen LogP contribution in [0.4, 0.5) is 10.5 Å². The van der Waals surface area contributed by atoms with Gasteiger partial charge in [0.15, 0.2) is 0 Å². The van der Waals surface area contributed by atoms with Gasteiger partial charge in [0.25, 0.3) is 5.69 Å². The standard InChI is InChI=1S/C33H47NO14/c1-39-15-16-41-19-20-43-23-24-45-26-25-44-22-21-42-18-17-40-14-4-2-3-5-32(35)47-30-10-6-28(7-11-30)27-46-33(36)48-31-12-8-29(9-13-31)34(37)38/h6-13H,2-5,14-27H2,1H3. The quantitative estimate of drug-likeness (QED) is 0.0293. The van der Waals surface area contributed by atoms with Crippen molar-refractivity contribution in [3.63, 3.8) is 0 Å². The molecule has 0 aromatic heterocycles. The molecule has 0 radical (unpaired) electrons. The molecule has 15 nitrogen and oxygen atoms in total. The molecule has 2 rings (SSSR count). The molecular formula is C33H47NO14. The topological polar surface area (TPSA) is 170 Å². The molecule has 48 heavy (non-hydrogen) atoms. The predicted octanol–water partition coefficient (Wildman–Crippen LogP) is 4.52. The summed E-state index contributed by atoms with van der Waals surface area (Å²) in [6.45, 7) is 6.68. The second kappa shape index (κ2) is 27.3. The maximum Gasteiger partial charge on any atom is 0.514 e. The third-order valence-corrected chi connectivity index (χ3v) is 6.22. The first kappa shape index (κ1) is 40.5. The number of rotatable bonds is 29. The van der Waals surface area contributed by atoms with Crippen molar-refractivity contribution in [2.75, 3.05) is 93.0 Å². The summed E-state index contributed by atoms with van der Waals surface area (Å²) in [6, 6.07) is 11.6. The minimum Gasteiger partial charge on any atom is -0.429 e. The largest absolute Gasteiger partial charge is 0.514 e. The van der Waals surface area contributed by atoms with Crippen molar-refractivity contribution in [1.82, 2.24) is 0 Å². The minimum atomic E-state index is -0.951.